The summed E-state index contributed by atoms with van der Waals surface area (Å²) >= 11 is 0. The SMILES string of the molecule is Cc1ccc(F)c(C(=O)N[C@@H](C(=O)N2CCC3(CC2)C(=O)N(C)C(=O)N3c2cccnc2)C(C)C)c1. The first-order valence-corrected chi connectivity index (χ1v) is 11.9. The van der Waals surface area contributed by atoms with E-state index in [1.165, 1.54) is 24.1 Å². The van der Waals surface area contributed by atoms with Crippen molar-refractivity contribution < 1.29 is 23.6 Å². The van der Waals surface area contributed by atoms with E-state index >= 15 is 0 Å². The molecular weight excluding hydrogens is 465 g/mol. The summed E-state index contributed by atoms with van der Waals surface area (Å²) in [6.45, 7) is 5.81. The van der Waals surface area contributed by atoms with Crippen molar-refractivity contribution in [3.63, 3.8) is 0 Å². The van der Waals surface area contributed by atoms with E-state index in [2.05, 4.69) is 10.3 Å². The molecule has 0 radical (unpaired) electrons. The van der Waals surface area contributed by atoms with Crippen molar-refractivity contribution in [3.05, 3.63) is 59.7 Å². The molecule has 2 aliphatic rings. The zero-order valence-corrected chi connectivity index (χ0v) is 20.8. The van der Waals surface area contributed by atoms with Gasteiger partial charge < -0.3 is 10.2 Å². The van der Waals surface area contributed by atoms with Crippen LogP contribution in [0.1, 0.15) is 42.6 Å². The zero-order chi connectivity index (χ0) is 26.2. The van der Waals surface area contributed by atoms with Crippen molar-refractivity contribution in [1.82, 2.24) is 20.1 Å². The number of nitrogens with one attached hydrogen (secondary N) is 1. The van der Waals surface area contributed by atoms with Gasteiger partial charge in [0.1, 0.15) is 17.4 Å². The number of pyridine rings is 1. The Balaban J connectivity index is 1.52. The number of rotatable bonds is 5. The molecule has 5 amide bonds. The van der Waals surface area contributed by atoms with Crippen LogP contribution in [0.3, 0.4) is 0 Å². The predicted molar refractivity (Wildman–Crippen MR) is 131 cm³/mol. The maximum atomic E-state index is 14.2. The van der Waals surface area contributed by atoms with E-state index in [1.807, 2.05) is 0 Å². The Morgan fingerprint density at radius 1 is 1.14 bits per heavy atom. The quantitative estimate of drug-likeness (QED) is 0.643. The Kier molecular flexibility index (Phi) is 6.79. The number of likely N-dealkylation sites (N-methyl/N-ethyl adjacent to an activating group) is 1. The number of amides is 5. The van der Waals surface area contributed by atoms with Gasteiger partial charge in [-0.25, -0.2) is 9.18 Å². The number of urea groups is 1. The van der Waals surface area contributed by atoms with Crippen molar-refractivity contribution in [1.29, 1.82) is 0 Å². The van der Waals surface area contributed by atoms with Crippen LogP contribution in [0.4, 0.5) is 14.9 Å². The molecule has 10 heteroatoms. The number of piperidine rings is 1. The van der Waals surface area contributed by atoms with Gasteiger partial charge in [-0.1, -0.05) is 25.5 Å². The smallest absolute Gasteiger partial charge is 0.331 e. The topological polar surface area (TPSA) is 103 Å². The van der Waals surface area contributed by atoms with Gasteiger partial charge in [-0.2, -0.15) is 0 Å². The molecule has 1 aromatic carbocycles. The van der Waals surface area contributed by atoms with Gasteiger partial charge in [-0.3, -0.25) is 29.2 Å². The van der Waals surface area contributed by atoms with E-state index < -0.39 is 29.3 Å². The molecule has 36 heavy (non-hydrogen) atoms. The molecule has 1 aromatic heterocycles. The number of carbonyl (C=O) groups excluding carboxylic acids is 4. The number of likely N-dealkylation sites (tertiary alicyclic amines) is 1. The van der Waals surface area contributed by atoms with Gasteiger partial charge in [0.15, 0.2) is 0 Å². The molecule has 0 bridgehead atoms. The first-order valence-electron chi connectivity index (χ1n) is 11.9. The normalized spacial score (nSPS) is 18.2. The van der Waals surface area contributed by atoms with E-state index in [0.717, 1.165) is 10.5 Å². The first kappa shape index (κ1) is 25.3. The second kappa shape index (κ2) is 9.67. The zero-order valence-electron chi connectivity index (χ0n) is 20.8. The van der Waals surface area contributed by atoms with Crippen molar-refractivity contribution in [2.75, 3.05) is 25.0 Å². The fourth-order valence-corrected chi connectivity index (χ4v) is 4.95. The molecule has 9 nitrogen and oxygen atoms in total. The van der Waals surface area contributed by atoms with Crippen molar-refractivity contribution in [2.24, 2.45) is 5.92 Å². The third kappa shape index (κ3) is 4.31. The molecule has 2 saturated heterocycles. The van der Waals surface area contributed by atoms with E-state index in [0.29, 0.717) is 5.69 Å². The maximum Gasteiger partial charge on any atom is 0.331 e. The third-order valence-electron chi connectivity index (χ3n) is 7.00. The van der Waals surface area contributed by atoms with Gasteiger partial charge in [-0.15, -0.1) is 0 Å². The van der Waals surface area contributed by atoms with E-state index in [9.17, 15) is 23.6 Å². The summed E-state index contributed by atoms with van der Waals surface area (Å²) in [5.74, 6) is -2.18. The van der Waals surface area contributed by atoms with Crippen LogP contribution in [0.2, 0.25) is 0 Å². The van der Waals surface area contributed by atoms with Crippen molar-refractivity contribution in [3.8, 4) is 0 Å². The number of carbonyl (C=O) groups is 4. The lowest BCUT2D eigenvalue weighted by molar-refractivity contribution is -0.139. The first-order chi connectivity index (χ1) is 17.1. The molecule has 0 unspecified atom stereocenters. The highest BCUT2D eigenvalue weighted by atomic mass is 19.1. The van der Waals surface area contributed by atoms with Crippen LogP contribution in [-0.4, -0.2) is 70.3 Å². The predicted octanol–water partition coefficient (Wildman–Crippen LogP) is 2.74. The van der Waals surface area contributed by atoms with Crippen molar-refractivity contribution in [2.45, 2.75) is 45.2 Å². The fraction of sp³-hybridized carbons (Fsp3) is 0.423. The summed E-state index contributed by atoms with van der Waals surface area (Å²) in [6, 6.07) is 6.37. The molecule has 190 valence electrons. The molecule has 1 spiro atoms. The standard InChI is InChI=1S/C26H30FN5O4/c1-16(2)21(29-22(33)19-14-17(3)7-8-20(19)27)23(34)31-12-9-26(10-13-31)24(35)30(4)25(36)32(26)18-6-5-11-28-15-18/h5-8,11,14-16,21H,9-10,12-13H2,1-4H3,(H,29,33)/t21-/m1/s1. The lowest BCUT2D eigenvalue weighted by Gasteiger charge is -2.43. The summed E-state index contributed by atoms with van der Waals surface area (Å²) in [5.41, 5.74) is 0.0327. The van der Waals surface area contributed by atoms with Gasteiger partial charge >= 0.3 is 6.03 Å². The third-order valence-corrected chi connectivity index (χ3v) is 7.00. The van der Waals surface area contributed by atoms with Crippen LogP contribution in [0.5, 0.6) is 0 Å². The number of hydrogen-bond donors (Lipinski definition) is 1. The van der Waals surface area contributed by atoms with Gasteiger partial charge in [0, 0.05) is 26.3 Å². The molecule has 2 fully saturated rings. The lowest BCUT2D eigenvalue weighted by atomic mass is 9.85. The molecule has 4 rings (SSSR count). The van der Waals surface area contributed by atoms with Crippen molar-refractivity contribution >= 4 is 29.4 Å². The Labute approximate surface area is 209 Å². The van der Waals surface area contributed by atoms with Gasteiger partial charge in [0.05, 0.1) is 17.4 Å². The molecule has 0 aliphatic carbocycles. The van der Waals surface area contributed by atoms with Crippen LogP contribution in [0, 0.1) is 18.7 Å². The van der Waals surface area contributed by atoms with E-state index in [4.69, 9.17) is 0 Å². The second-order valence-electron chi connectivity index (χ2n) is 9.73. The van der Waals surface area contributed by atoms with Crippen LogP contribution in [0.25, 0.3) is 0 Å². The summed E-state index contributed by atoms with van der Waals surface area (Å²) in [6.07, 6.45) is 3.62. The minimum atomic E-state index is -1.10. The molecular formula is C26H30FN5O4. The number of aromatic nitrogens is 1. The highest BCUT2D eigenvalue weighted by Gasteiger charge is 2.58. The van der Waals surface area contributed by atoms with E-state index in [1.54, 1.807) is 56.3 Å². The Morgan fingerprint density at radius 3 is 2.44 bits per heavy atom. The van der Waals surface area contributed by atoms with Gasteiger partial charge in [0.25, 0.3) is 11.8 Å². The largest absolute Gasteiger partial charge is 0.341 e. The monoisotopic (exact) mass is 495 g/mol. The number of imide groups is 1. The Morgan fingerprint density at radius 2 is 1.83 bits per heavy atom. The summed E-state index contributed by atoms with van der Waals surface area (Å²) < 4.78 is 14.2. The maximum absolute atomic E-state index is 14.2. The minimum Gasteiger partial charge on any atom is -0.341 e. The Hall–Kier alpha value is -3.82. The van der Waals surface area contributed by atoms with Crippen LogP contribution < -0.4 is 10.2 Å². The molecule has 2 aromatic rings. The molecule has 2 aliphatic heterocycles. The Bertz CT molecular complexity index is 1190. The van der Waals surface area contributed by atoms with Gasteiger partial charge in [0.2, 0.25) is 5.91 Å². The summed E-state index contributed by atoms with van der Waals surface area (Å²) in [5, 5.41) is 2.70. The molecule has 0 saturated carbocycles. The van der Waals surface area contributed by atoms with Crippen LogP contribution >= 0.6 is 0 Å². The number of aryl methyl sites for hydroxylation is 1. The average molecular weight is 496 g/mol. The number of nitrogens with zero attached hydrogens (tertiary/aromatic N) is 4. The number of halogens is 1. The summed E-state index contributed by atoms with van der Waals surface area (Å²) in [7, 11) is 1.45. The molecule has 1 atom stereocenters. The van der Waals surface area contributed by atoms with E-state index in [-0.39, 0.29) is 49.2 Å². The number of anilines is 1. The van der Waals surface area contributed by atoms with Crippen LogP contribution in [-0.2, 0) is 9.59 Å². The fourth-order valence-electron chi connectivity index (χ4n) is 4.95. The average Bonchev–Trinajstić information content (AvgIpc) is 3.04. The lowest BCUT2D eigenvalue weighted by Crippen LogP contribution is -2.60. The minimum absolute atomic E-state index is 0.115. The van der Waals surface area contributed by atoms with Crippen LogP contribution in [0.15, 0.2) is 42.7 Å². The second-order valence-corrected chi connectivity index (χ2v) is 9.73. The molecule has 3 heterocycles. The summed E-state index contributed by atoms with van der Waals surface area (Å²) in [4.78, 5) is 60.7. The number of hydrogen-bond acceptors (Lipinski definition) is 5. The number of benzene rings is 1. The van der Waals surface area contributed by atoms with Gasteiger partial charge in [-0.05, 0) is 49.9 Å². The highest BCUT2D eigenvalue weighted by Crippen LogP contribution is 2.40. The highest BCUT2D eigenvalue weighted by molar-refractivity contribution is 6.16. The molecule has 1 N–H and O–H groups in total.